The van der Waals surface area contributed by atoms with Crippen LogP contribution in [0, 0.1) is 5.82 Å². The van der Waals surface area contributed by atoms with Crippen molar-refractivity contribution in [3.63, 3.8) is 0 Å². The molecule has 4 nitrogen and oxygen atoms in total. The van der Waals surface area contributed by atoms with Gasteiger partial charge < -0.3 is 9.64 Å². The van der Waals surface area contributed by atoms with E-state index in [9.17, 15) is 4.39 Å². The molecule has 0 saturated carbocycles. The largest absolute Gasteiger partial charge is 0.376 e. The van der Waals surface area contributed by atoms with Crippen molar-refractivity contribution in [3.8, 4) is 0 Å². The lowest BCUT2D eigenvalue weighted by atomic mass is 10.2. The van der Waals surface area contributed by atoms with Gasteiger partial charge in [0.15, 0.2) is 0 Å². The Kier molecular flexibility index (Phi) is 4.40. The molecule has 0 N–H and O–H groups in total. The third-order valence-corrected chi connectivity index (χ3v) is 3.55. The SMILES string of the molecule is Fc1cccc(CN(C[C@H]2CCCO2)c2ncccn2)c1. The molecule has 2 aromatic rings. The number of benzene rings is 1. The van der Waals surface area contributed by atoms with Gasteiger partial charge in [0.2, 0.25) is 5.95 Å². The highest BCUT2D eigenvalue weighted by Gasteiger charge is 2.21. The number of hydrogen-bond donors (Lipinski definition) is 0. The van der Waals surface area contributed by atoms with Crippen LogP contribution < -0.4 is 4.90 Å². The average Bonchev–Trinajstić information content (AvgIpc) is 3.01. The maximum atomic E-state index is 13.4. The maximum absolute atomic E-state index is 13.4. The zero-order valence-electron chi connectivity index (χ0n) is 11.8. The van der Waals surface area contributed by atoms with Crippen LogP contribution in [0.25, 0.3) is 0 Å². The minimum absolute atomic E-state index is 0.197. The molecule has 1 aromatic carbocycles. The molecule has 0 unspecified atom stereocenters. The van der Waals surface area contributed by atoms with E-state index in [0.29, 0.717) is 12.5 Å². The zero-order valence-corrected chi connectivity index (χ0v) is 11.8. The molecule has 1 aliphatic heterocycles. The molecular formula is C16H18FN3O. The van der Waals surface area contributed by atoms with Gasteiger partial charge in [0.25, 0.3) is 0 Å². The highest BCUT2D eigenvalue weighted by molar-refractivity contribution is 5.32. The fourth-order valence-electron chi connectivity index (χ4n) is 2.56. The van der Waals surface area contributed by atoms with E-state index in [2.05, 4.69) is 9.97 Å². The molecule has 1 fully saturated rings. The van der Waals surface area contributed by atoms with Crippen molar-refractivity contribution < 1.29 is 9.13 Å². The van der Waals surface area contributed by atoms with E-state index in [-0.39, 0.29) is 11.9 Å². The summed E-state index contributed by atoms with van der Waals surface area (Å²) in [4.78, 5) is 10.7. The molecule has 2 heterocycles. The van der Waals surface area contributed by atoms with Gasteiger partial charge in [0.05, 0.1) is 6.10 Å². The zero-order chi connectivity index (χ0) is 14.5. The van der Waals surface area contributed by atoms with Gasteiger partial charge >= 0.3 is 0 Å². The highest BCUT2D eigenvalue weighted by atomic mass is 19.1. The van der Waals surface area contributed by atoms with Crippen LogP contribution >= 0.6 is 0 Å². The predicted octanol–water partition coefficient (Wildman–Crippen LogP) is 2.80. The molecule has 0 spiro atoms. The Labute approximate surface area is 123 Å². The summed E-state index contributed by atoms with van der Waals surface area (Å²) in [5, 5.41) is 0. The lowest BCUT2D eigenvalue weighted by molar-refractivity contribution is 0.115. The van der Waals surface area contributed by atoms with Crippen molar-refractivity contribution in [2.45, 2.75) is 25.5 Å². The lowest BCUT2D eigenvalue weighted by Gasteiger charge is -2.25. The number of anilines is 1. The van der Waals surface area contributed by atoms with E-state index < -0.39 is 0 Å². The van der Waals surface area contributed by atoms with Crippen molar-refractivity contribution >= 4 is 5.95 Å². The molecule has 1 atom stereocenters. The second-order valence-electron chi connectivity index (χ2n) is 5.19. The minimum atomic E-state index is -0.224. The van der Waals surface area contributed by atoms with Crippen LogP contribution in [-0.4, -0.2) is 29.2 Å². The third kappa shape index (κ3) is 3.76. The van der Waals surface area contributed by atoms with Gasteiger partial charge in [-0.05, 0) is 36.6 Å². The molecule has 110 valence electrons. The summed E-state index contributed by atoms with van der Waals surface area (Å²) in [5.41, 5.74) is 0.903. The Balaban J connectivity index is 1.78. The Morgan fingerprint density at radius 1 is 1.24 bits per heavy atom. The van der Waals surface area contributed by atoms with Crippen molar-refractivity contribution in [1.82, 2.24) is 9.97 Å². The summed E-state index contributed by atoms with van der Waals surface area (Å²) in [7, 11) is 0. The van der Waals surface area contributed by atoms with Crippen LogP contribution in [0.4, 0.5) is 10.3 Å². The average molecular weight is 287 g/mol. The van der Waals surface area contributed by atoms with E-state index in [1.165, 1.54) is 6.07 Å². The molecule has 0 radical (unpaired) electrons. The second-order valence-corrected chi connectivity index (χ2v) is 5.19. The summed E-state index contributed by atoms with van der Waals surface area (Å²) in [6, 6.07) is 8.42. The van der Waals surface area contributed by atoms with Crippen molar-refractivity contribution in [3.05, 3.63) is 54.1 Å². The fourth-order valence-corrected chi connectivity index (χ4v) is 2.56. The molecular weight excluding hydrogens is 269 g/mol. The Morgan fingerprint density at radius 2 is 2.10 bits per heavy atom. The molecule has 0 bridgehead atoms. The molecule has 21 heavy (non-hydrogen) atoms. The van der Waals surface area contributed by atoms with Crippen LogP contribution in [0.3, 0.4) is 0 Å². The topological polar surface area (TPSA) is 38.2 Å². The smallest absolute Gasteiger partial charge is 0.225 e. The van der Waals surface area contributed by atoms with Crippen LogP contribution in [0.5, 0.6) is 0 Å². The van der Waals surface area contributed by atoms with E-state index in [4.69, 9.17) is 4.74 Å². The summed E-state index contributed by atoms with van der Waals surface area (Å²) >= 11 is 0. The molecule has 0 aliphatic carbocycles. The number of rotatable bonds is 5. The Bertz CT molecular complexity index is 573. The predicted molar refractivity (Wildman–Crippen MR) is 78.5 cm³/mol. The normalized spacial score (nSPS) is 17.9. The molecule has 1 aromatic heterocycles. The first-order chi connectivity index (χ1) is 10.3. The number of hydrogen-bond acceptors (Lipinski definition) is 4. The Morgan fingerprint density at radius 3 is 2.81 bits per heavy atom. The van der Waals surface area contributed by atoms with Crippen LogP contribution in [0.2, 0.25) is 0 Å². The number of nitrogens with zero attached hydrogens (tertiary/aromatic N) is 3. The van der Waals surface area contributed by atoms with Crippen molar-refractivity contribution in [1.29, 1.82) is 0 Å². The number of aromatic nitrogens is 2. The molecule has 5 heteroatoms. The van der Waals surface area contributed by atoms with Crippen LogP contribution in [-0.2, 0) is 11.3 Å². The van der Waals surface area contributed by atoms with Gasteiger partial charge in [-0.25, -0.2) is 14.4 Å². The molecule has 0 amide bonds. The summed E-state index contributed by atoms with van der Waals surface area (Å²) in [6.45, 7) is 2.11. The first kappa shape index (κ1) is 13.9. The van der Waals surface area contributed by atoms with E-state index >= 15 is 0 Å². The molecule has 1 aliphatic rings. The van der Waals surface area contributed by atoms with Gasteiger partial charge in [-0.1, -0.05) is 12.1 Å². The Hall–Kier alpha value is -2.01. The van der Waals surface area contributed by atoms with Gasteiger partial charge in [0.1, 0.15) is 5.82 Å². The van der Waals surface area contributed by atoms with Gasteiger partial charge in [0, 0.05) is 32.1 Å². The molecule has 3 rings (SSSR count). The first-order valence-electron chi connectivity index (χ1n) is 7.19. The minimum Gasteiger partial charge on any atom is -0.376 e. The van der Waals surface area contributed by atoms with Gasteiger partial charge in [-0.3, -0.25) is 0 Å². The maximum Gasteiger partial charge on any atom is 0.225 e. The lowest BCUT2D eigenvalue weighted by Crippen LogP contribution is -2.33. The highest BCUT2D eigenvalue weighted by Crippen LogP contribution is 2.18. The fraction of sp³-hybridized carbons (Fsp3) is 0.375. The summed E-state index contributed by atoms with van der Waals surface area (Å²) < 4.78 is 19.0. The van der Waals surface area contributed by atoms with E-state index in [1.807, 2.05) is 11.0 Å². The third-order valence-electron chi connectivity index (χ3n) is 3.55. The monoisotopic (exact) mass is 287 g/mol. The quantitative estimate of drug-likeness (QED) is 0.847. The van der Waals surface area contributed by atoms with Gasteiger partial charge in [-0.2, -0.15) is 0 Å². The number of halogens is 1. The van der Waals surface area contributed by atoms with Gasteiger partial charge in [-0.15, -0.1) is 0 Å². The number of ether oxygens (including phenoxy) is 1. The van der Waals surface area contributed by atoms with Crippen LogP contribution in [0.1, 0.15) is 18.4 Å². The summed E-state index contributed by atoms with van der Waals surface area (Å²) in [5.74, 6) is 0.427. The van der Waals surface area contributed by atoms with Crippen molar-refractivity contribution in [2.75, 3.05) is 18.1 Å². The standard InChI is InChI=1S/C16H18FN3O/c17-14-5-1-4-13(10-14)11-20(12-15-6-2-9-21-15)16-18-7-3-8-19-16/h1,3-5,7-8,10,15H,2,6,9,11-12H2/t15-/m1/s1. The van der Waals surface area contributed by atoms with Crippen molar-refractivity contribution in [2.24, 2.45) is 0 Å². The van der Waals surface area contributed by atoms with Crippen LogP contribution in [0.15, 0.2) is 42.7 Å². The van der Waals surface area contributed by atoms with E-state index in [0.717, 1.165) is 31.6 Å². The molecule has 1 saturated heterocycles. The second kappa shape index (κ2) is 6.63. The van der Waals surface area contributed by atoms with E-state index in [1.54, 1.807) is 30.6 Å². The first-order valence-corrected chi connectivity index (χ1v) is 7.19. The summed E-state index contributed by atoms with van der Waals surface area (Å²) in [6.07, 6.45) is 5.77.